The van der Waals surface area contributed by atoms with Gasteiger partial charge in [-0.25, -0.2) is 0 Å². The van der Waals surface area contributed by atoms with E-state index >= 15 is 0 Å². The summed E-state index contributed by atoms with van der Waals surface area (Å²) in [7, 11) is 4.41. The summed E-state index contributed by atoms with van der Waals surface area (Å²) in [5.74, 6) is 5.92. The van der Waals surface area contributed by atoms with Gasteiger partial charge in [-0.3, -0.25) is 4.90 Å². The topological polar surface area (TPSA) is 26.7 Å². The van der Waals surface area contributed by atoms with Crippen LogP contribution in [0.5, 0.6) is 0 Å². The average molecular weight is 306 g/mol. The average Bonchev–Trinajstić information content (AvgIpc) is 2.96. The molecule has 1 aromatic rings. The Bertz CT molecular complexity index is 521. The van der Waals surface area contributed by atoms with Gasteiger partial charge in [-0.05, 0) is 59.5 Å². The van der Waals surface area contributed by atoms with Crippen LogP contribution in [0.15, 0.2) is 12.1 Å². The molecule has 116 valence electrons. The lowest BCUT2D eigenvalue weighted by Crippen LogP contribution is -2.36. The maximum atomic E-state index is 9.63. The predicted octanol–water partition coefficient (Wildman–Crippen LogP) is 2.40. The standard InChI is InChI=1S/C17H26N2OS/c1-17(2,20)10-9-15-7-8-16(21-15)13-18(3)12-14-6-5-11-19(14)4/h7-8,14,20H,5-6,11-13H2,1-4H3. The van der Waals surface area contributed by atoms with Crippen LogP contribution < -0.4 is 0 Å². The molecular weight excluding hydrogens is 280 g/mol. The number of likely N-dealkylation sites (N-methyl/N-ethyl adjacent to an activating group) is 2. The van der Waals surface area contributed by atoms with Crippen molar-refractivity contribution in [3.8, 4) is 11.8 Å². The molecule has 2 heterocycles. The van der Waals surface area contributed by atoms with Gasteiger partial charge in [0.15, 0.2) is 0 Å². The molecule has 1 aromatic heterocycles. The van der Waals surface area contributed by atoms with Crippen LogP contribution in [-0.2, 0) is 6.54 Å². The van der Waals surface area contributed by atoms with E-state index in [0.717, 1.165) is 18.0 Å². The highest BCUT2D eigenvalue weighted by Gasteiger charge is 2.22. The van der Waals surface area contributed by atoms with Gasteiger partial charge < -0.3 is 10.0 Å². The summed E-state index contributed by atoms with van der Waals surface area (Å²) in [5.41, 5.74) is -0.923. The maximum absolute atomic E-state index is 9.63. The lowest BCUT2D eigenvalue weighted by atomic mass is 10.1. The van der Waals surface area contributed by atoms with Crippen molar-refractivity contribution in [3.05, 3.63) is 21.9 Å². The smallest absolute Gasteiger partial charge is 0.120 e. The summed E-state index contributed by atoms with van der Waals surface area (Å²) < 4.78 is 0. The van der Waals surface area contributed by atoms with E-state index in [1.807, 2.05) is 6.07 Å². The minimum atomic E-state index is -0.923. The van der Waals surface area contributed by atoms with Crippen LogP contribution in [-0.4, -0.2) is 53.7 Å². The largest absolute Gasteiger partial charge is 0.378 e. The zero-order valence-electron chi connectivity index (χ0n) is 13.5. The van der Waals surface area contributed by atoms with E-state index in [1.165, 1.54) is 24.3 Å². The Morgan fingerprint density at radius 2 is 2.24 bits per heavy atom. The molecular formula is C17H26N2OS. The van der Waals surface area contributed by atoms with Crippen molar-refractivity contribution < 1.29 is 5.11 Å². The Balaban J connectivity index is 1.88. The van der Waals surface area contributed by atoms with Crippen LogP contribution in [0.2, 0.25) is 0 Å². The molecule has 0 bridgehead atoms. The summed E-state index contributed by atoms with van der Waals surface area (Å²) in [6.45, 7) is 6.74. The zero-order valence-corrected chi connectivity index (χ0v) is 14.3. The number of likely N-dealkylation sites (tertiary alicyclic amines) is 1. The molecule has 2 rings (SSSR count). The Morgan fingerprint density at radius 3 is 2.86 bits per heavy atom. The summed E-state index contributed by atoms with van der Waals surface area (Å²) in [4.78, 5) is 7.22. The first-order valence-corrected chi connectivity index (χ1v) is 8.38. The van der Waals surface area contributed by atoms with E-state index < -0.39 is 5.60 Å². The number of aliphatic hydroxyl groups is 1. The van der Waals surface area contributed by atoms with Crippen molar-refractivity contribution in [2.24, 2.45) is 0 Å². The fraction of sp³-hybridized carbons (Fsp3) is 0.647. The number of thiophene rings is 1. The fourth-order valence-electron chi connectivity index (χ4n) is 2.64. The van der Waals surface area contributed by atoms with Crippen molar-refractivity contribution in [1.82, 2.24) is 9.80 Å². The molecule has 0 aliphatic carbocycles. The summed E-state index contributed by atoms with van der Waals surface area (Å²) >= 11 is 1.72. The number of rotatable bonds is 4. The Morgan fingerprint density at radius 1 is 1.48 bits per heavy atom. The van der Waals surface area contributed by atoms with E-state index in [1.54, 1.807) is 25.2 Å². The van der Waals surface area contributed by atoms with Gasteiger partial charge in [0, 0.05) is 24.0 Å². The predicted molar refractivity (Wildman–Crippen MR) is 89.5 cm³/mol. The lowest BCUT2D eigenvalue weighted by molar-refractivity contribution is 0.143. The summed E-state index contributed by atoms with van der Waals surface area (Å²) in [6, 6.07) is 4.90. The highest BCUT2D eigenvalue weighted by Crippen LogP contribution is 2.20. The van der Waals surface area contributed by atoms with Crippen LogP contribution in [0.25, 0.3) is 0 Å². The molecule has 1 atom stereocenters. The molecule has 0 amide bonds. The molecule has 1 aliphatic heterocycles. The maximum Gasteiger partial charge on any atom is 0.120 e. The highest BCUT2D eigenvalue weighted by molar-refractivity contribution is 7.12. The van der Waals surface area contributed by atoms with Crippen LogP contribution in [0.3, 0.4) is 0 Å². The molecule has 0 radical (unpaired) electrons. The van der Waals surface area contributed by atoms with Crippen molar-refractivity contribution in [3.63, 3.8) is 0 Å². The highest BCUT2D eigenvalue weighted by atomic mass is 32.1. The molecule has 1 fully saturated rings. The van der Waals surface area contributed by atoms with E-state index in [-0.39, 0.29) is 0 Å². The van der Waals surface area contributed by atoms with E-state index in [4.69, 9.17) is 0 Å². The second kappa shape index (κ2) is 6.93. The Hall–Kier alpha value is -0.860. The molecule has 1 N–H and O–H groups in total. The first-order chi connectivity index (χ1) is 9.83. The second-order valence-corrected chi connectivity index (χ2v) is 7.72. The lowest BCUT2D eigenvalue weighted by Gasteiger charge is -2.25. The Labute approximate surface area is 132 Å². The van der Waals surface area contributed by atoms with Gasteiger partial charge in [-0.15, -0.1) is 11.3 Å². The first kappa shape index (κ1) is 16.5. The quantitative estimate of drug-likeness (QED) is 0.865. The van der Waals surface area contributed by atoms with Gasteiger partial charge in [0.25, 0.3) is 0 Å². The second-order valence-electron chi connectivity index (χ2n) is 6.55. The van der Waals surface area contributed by atoms with Crippen molar-refractivity contribution >= 4 is 11.3 Å². The molecule has 4 heteroatoms. The van der Waals surface area contributed by atoms with Crippen molar-refractivity contribution in [2.75, 3.05) is 27.2 Å². The normalized spacial score (nSPS) is 19.8. The van der Waals surface area contributed by atoms with Gasteiger partial charge in [-0.1, -0.05) is 11.8 Å². The third-order valence-electron chi connectivity index (χ3n) is 3.77. The minimum Gasteiger partial charge on any atom is -0.378 e. The molecule has 3 nitrogen and oxygen atoms in total. The van der Waals surface area contributed by atoms with Gasteiger partial charge in [0.1, 0.15) is 5.60 Å². The first-order valence-electron chi connectivity index (χ1n) is 7.56. The van der Waals surface area contributed by atoms with Crippen LogP contribution in [0.4, 0.5) is 0 Å². The third kappa shape index (κ3) is 5.44. The van der Waals surface area contributed by atoms with Crippen LogP contribution >= 0.6 is 11.3 Å². The molecule has 1 saturated heterocycles. The van der Waals surface area contributed by atoms with Crippen LogP contribution in [0.1, 0.15) is 36.4 Å². The Kier molecular flexibility index (Phi) is 5.45. The summed E-state index contributed by atoms with van der Waals surface area (Å²) in [5, 5.41) is 9.63. The number of hydrogen-bond donors (Lipinski definition) is 1. The van der Waals surface area contributed by atoms with Crippen molar-refractivity contribution in [1.29, 1.82) is 0 Å². The van der Waals surface area contributed by atoms with Gasteiger partial charge in [0.05, 0.1) is 4.88 Å². The molecule has 0 aromatic carbocycles. The third-order valence-corrected chi connectivity index (χ3v) is 4.76. The van der Waals surface area contributed by atoms with E-state index in [0.29, 0.717) is 6.04 Å². The minimum absolute atomic E-state index is 0.699. The number of hydrogen-bond acceptors (Lipinski definition) is 4. The van der Waals surface area contributed by atoms with E-state index in [9.17, 15) is 5.11 Å². The monoisotopic (exact) mass is 306 g/mol. The zero-order chi connectivity index (χ0) is 15.5. The fourth-order valence-corrected chi connectivity index (χ4v) is 3.59. The van der Waals surface area contributed by atoms with Crippen molar-refractivity contribution in [2.45, 2.75) is 44.9 Å². The molecule has 0 spiro atoms. The SMILES string of the molecule is CN(Cc1ccc(C#CC(C)(C)O)s1)CC1CCCN1C. The van der Waals surface area contributed by atoms with Crippen LogP contribution in [0, 0.1) is 11.8 Å². The molecule has 1 unspecified atom stereocenters. The van der Waals surface area contributed by atoms with Gasteiger partial charge in [0.2, 0.25) is 0 Å². The molecule has 21 heavy (non-hydrogen) atoms. The molecule has 0 saturated carbocycles. The number of nitrogens with zero attached hydrogens (tertiary/aromatic N) is 2. The molecule has 1 aliphatic rings. The van der Waals surface area contributed by atoms with E-state index in [2.05, 4.69) is 41.8 Å². The van der Waals surface area contributed by atoms with Gasteiger partial charge in [-0.2, -0.15) is 0 Å². The summed E-state index contributed by atoms with van der Waals surface area (Å²) in [6.07, 6.45) is 2.64. The van der Waals surface area contributed by atoms with Gasteiger partial charge >= 0.3 is 0 Å².